The summed E-state index contributed by atoms with van der Waals surface area (Å²) >= 11 is 5.99. The van der Waals surface area contributed by atoms with Crippen molar-refractivity contribution in [3.8, 4) is 5.75 Å². The lowest BCUT2D eigenvalue weighted by atomic mass is 10.2. The molecule has 1 amide bonds. The Bertz CT molecular complexity index is 682. The van der Waals surface area contributed by atoms with Gasteiger partial charge in [0.2, 0.25) is 0 Å². The smallest absolute Gasteiger partial charge is 0.270 e. The van der Waals surface area contributed by atoms with Crippen LogP contribution in [-0.4, -0.2) is 41.8 Å². The van der Waals surface area contributed by atoms with Gasteiger partial charge in [0.05, 0.1) is 11.6 Å². The fourth-order valence-corrected chi connectivity index (χ4v) is 2.07. The van der Waals surface area contributed by atoms with E-state index in [-0.39, 0.29) is 11.7 Å². The number of halogens is 1. The second-order valence-electron chi connectivity index (χ2n) is 4.86. The van der Waals surface area contributed by atoms with E-state index in [4.69, 9.17) is 16.3 Å². The van der Waals surface area contributed by atoms with Crippen molar-refractivity contribution in [3.05, 3.63) is 52.8 Å². The number of rotatable bonds is 6. The second-order valence-corrected chi connectivity index (χ2v) is 5.27. The van der Waals surface area contributed by atoms with Gasteiger partial charge in [-0.05, 0) is 25.1 Å². The van der Waals surface area contributed by atoms with E-state index in [1.165, 1.54) is 18.0 Å². The molecule has 0 fully saturated rings. The van der Waals surface area contributed by atoms with Gasteiger partial charge in [-0.15, -0.1) is 0 Å². The standard InChI is InChI=1S/C16H17ClN2O3/c1-11(20)12-9-14(18-10-12)16(21)19(2)7-8-22-15-6-4-3-5-13(15)17/h3-6,9-10,18H,7-8H2,1-2H3. The summed E-state index contributed by atoms with van der Waals surface area (Å²) in [6, 6.07) is 8.72. The number of aromatic amines is 1. The number of likely N-dealkylation sites (N-methyl/N-ethyl adjacent to an activating group) is 1. The number of aromatic nitrogens is 1. The minimum absolute atomic E-state index is 0.0833. The Hall–Kier alpha value is -2.27. The first kappa shape index (κ1) is 16.1. The van der Waals surface area contributed by atoms with E-state index in [0.29, 0.717) is 35.2 Å². The molecule has 0 aliphatic rings. The van der Waals surface area contributed by atoms with E-state index < -0.39 is 0 Å². The molecule has 0 saturated carbocycles. The molecule has 116 valence electrons. The number of H-pyrrole nitrogens is 1. The summed E-state index contributed by atoms with van der Waals surface area (Å²) < 4.78 is 5.55. The predicted molar refractivity (Wildman–Crippen MR) is 84.7 cm³/mol. The van der Waals surface area contributed by atoms with Crippen LogP contribution in [0.3, 0.4) is 0 Å². The minimum Gasteiger partial charge on any atom is -0.490 e. The summed E-state index contributed by atoms with van der Waals surface area (Å²) in [6.45, 7) is 2.18. The molecule has 0 spiro atoms. The van der Waals surface area contributed by atoms with Gasteiger partial charge in [-0.3, -0.25) is 9.59 Å². The largest absolute Gasteiger partial charge is 0.490 e. The van der Waals surface area contributed by atoms with Gasteiger partial charge in [-0.1, -0.05) is 23.7 Å². The number of carbonyl (C=O) groups excluding carboxylic acids is 2. The number of Topliss-reactive ketones (excluding diaryl/α,β-unsaturated/α-hetero) is 1. The Kier molecular flexibility index (Phi) is 5.22. The maximum atomic E-state index is 12.2. The van der Waals surface area contributed by atoms with Crippen LogP contribution in [0.25, 0.3) is 0 Å². The number of ketones is 1. The Morgan fingerprint density at radius 1 is 1.32 bits per heavy atom. The highest BCUT2D eigenvalue weighted by atomic mass is 35.5. The van der Waals surface area contributed by atoms with Gasteiger partial charge in [0.15, 0.2) is 5.78 Å². The number of hydrogen-bond donors (Lipinski definition) is 1. The zero-order chi connectivity index (χ0) is 16.1. The van der Waals surface area contributed by atoms with Crippen molar-refractivity contribution >= 4 is 23.3 Å². The Balaban J connectivity index is 1.88. The fraction of sp³-hybridized carbons (Fsp3) is 0.250. The molecule has 2 aromatic rings. The van der Waals surface area contributed by atoms with Crippen molar-refractivity contribution in [2.24, 2.45) is 0 Å². The van der Waals surface area contributed by atoms with Crippen molar-refractivity contribution in [2.75, 3.05) is 20.2 Å². The number of hydrogen-bond acceptors (Lipinski definition) is 3. The van der Waals surface area contributed by atoms with Crippen LogP contribution in [-0.2, 0) is 0 Å². The molecular weight excluding hydrogens is 304 g/mol. The molecule has 6 heteroatoms. The zero-order valence-electron chi connectivity index (χ0n) is 12.4. The molecule has 0 atom stereocenters. The Morgan fingerprint density at radius 3 is 2.68 bits per heavy atom. The molecule has 0 aliphatic carbocycles. The number of nitrogens with zero attached hydrogens (tertiary/aromatic N) is 1. The molecule has 0 unspecified atom stereocenters. The quantitative estimate of drug-likeness (QED) is 0.832. The van der Waals surface area contributed by atoms with Crippen LogP contribution in [0.5, 0.6) is 5.75 Å². The number of amides is 1. The second kappa shape index (κ2) is 7.13. The summed E-state index contributed by atoms with van der Waals surface area (Å²) in [6.07, 6.45) is 1.53. The first-order valence-electron chi connectivity index (χ1n) is 6.81. The average Bonchev–Trinajstić information content (AvgIpc) is 2.98. The monoisotopic (exact) mass is 320 g/mol. The average molecular weight is 321 g/mol. The van der Waals surface area contributed by atoms with Crippen LogP contribution in [0, 0.1) is 0 Å². The van der Waals surface area contributed by atoms with E-state index >= 15 is 0 Å². The highest BCUT2D eigenvalue weighted by Crippen LogP contribution is 2.22. The lowest BCUT2D eigenvalue weighted by Crippen LogP contribution is -2.31. The van der Waals surface area contributed by atoms with Crippen LogP contribution in [0.4, 0.5) is 0 Å². The molecule has 1 aromatic carbocycles. The molecule has 1 aromatic heterocycles. The molecular formula is C16H17ClN2O3. The van der Waals surface area contributed by atoms with Gasteiger partial charge >= 0.3 is 0 Å². The van der Waals surface area contributed by atoms with Crippen LogP contribution >= 0.6 is 11.6 Å². The third-order valence-corrected chi connectivity index (χ3v) is 3.50. The van der Waals surface area contributed by atoms with Crippen molar-refractivity contribution < 1.29 is 14.3 Å². The summed E-state index contributed by atoms with van der Waals surface area (Å²) in [5.41, 5.74) is 0.870. The highest BCUT2D eigenvalue weighted by Gasteiger charge is 2.15. The van der Waals surface area contributed by atoms with E-state index in [2.05, 4.69) is 4.98 Å². The van der Waals surface area contributed by atoms with Crippen LogP contribution in [0.15, 0.2) is 36.5 Å². The minimum atomic E-state index is -0.199. The highest BCUT2D eigenvalue weighted by molar-refractivity contribution is 6.32. The third-order valence-electron chi connectivity index (χ3n) is 3.19. The fourth-order valence-electron chi connectivity index (χ4n) is 1.88. The summed E-state index contributed by atoms with van der Waals surface area (Å²) in [7, 11) is 1.67. The first-order valence-corrected chi connectivity index (χ1v) is 7.19. The molecule has 22 heavy (non-hydrogen) atoms. The van der Waals surface area contributed by atoms with E-state index in [1.54, 1.807) is 25.2 Å². The van der Waals surface area contributed by atoms with Crippen LogP contribution in [0.2, 0.25) is 5.02 Å². The third kappa shape index (κ3) is 3.89. The molecule has 0 aliphatic heterocycles. The van der Waals surface area contributed by atoms with Gasteiger partial charge in [0, 0.05) is 18.8 Å². The van der Waals surface area contributed by atoms with Crippen LogP contribution < -0.4 is 4.74 Å². The zero-order valence-corrected chi connectivity index (χ0v) is 13.2. The van der Waals surface area contributed by atoms with Gasteiger partial charge in [-0.2, -0.15) is 0 Å². The van der Waals surface area contributed by atoms with Gasteiger partial charge in [-0.25, -0.2) is 0 Å². The molecule has 5 nitrogen and oxygen atoms in total. The normalized spacial score (nSPS) is 10.3. The number of benzene rings is 1. The maximum Gasteiger partial charge on any atom is 0.270 e. The summed E-state index contributed by atoms with van der Waals surface area (Å²) in [5.74, 6) is 0.305. The molecule has 2 rings (SSSR count). The Labute approximate surface area is 133 Å². The summed E-state index contributed by atoms with van der Waals surface area (Å²) in [5, 5.41) is 0.534. The van der Waals surface area contributed by atoms with Gasteiger partial charge in [0.1, 0.15) is 18.1 Å². The lowest BCUT2D eigenvalue weighted by Gasteiger charge is -2.17. The number of ether oxygens (including phenoxy) is 1. The SMILES string of the molecule is CC(=O)c1c[nH]c(C(=O)N(C)CCOc2ccccc2Cl)c1. The van der Waals surface area contributed by atoms with Gasteiger partial charge < -0.3 is 14.6 Å². The molecule has 0 saturated heterocycles. The van der Waals surface area contributed by atoms with Crippen molar-refractivity contribution in [3.63, 3.8) is 0 Å². The van der Waals surface area contributed by atoms with E-state index in [9.17, 15) is 9.59 Å². The topological polar surface area (TPSA) is 62.4 Å². The molecule has 1 N–H and O–H groups in total. The molecule has 0 radical (unpaired) electrons. The number of carbonyl (C=O) groups is 2. The molecule has 1 heterocycles. The molecule has 0 bridgehead atoms. The summed E-state index contributed by atoms with van der Waals surface area (Å²) in [4.78, 5) is 27.8. The lowest BCUT2D eigenvalue weighted by molar-refractivity contribution is 0.0768. The number of nitrogens with one attached hydrogen (secondary N) is 1. The van der Waals surface area contributed by atoms with Gasteiger partial charge in [0.25, 0.3) is 5.91 Å². The predicted octanol–water partition coefficient (Wildman–Crippen LogP) is 3.02. The van der Waals surface area contributed by atoms with E-state index in [0.717, 1.165) is 0 Å². The Morgan fingerprint density at radius 2 is 2.05 bits per heavy atom. The van der Waals surface area contributed by atoms with E-state index in [1.807, 2.05) is 12.1 Å². The van der Waals surface area contributed by atoms with Crippen LogP contribution in [0.1, 0.15) is 27.8 Å². The van der Waals surface area contributed by atoms with Crippen molar-refractivity contribution in [1.29, 1.82) is 0 Å². The van der Waals surface area contributed by atoms with Crippen molar-refractivity contribution in [2.45, 2.75) is 6.92 Å². The maximum absolute atomic E-state index is 12.2. The van der Waals surface area contributed by atoms with Crippen molar-refractivity contribution in [1.82, 2.24) is 9.88 Å². The first-order chi connectivity index (χ1) is 10.5. The number of para-hydroxylation sites is 1.